The topological polar surface area (TPSA) is 59.8 Å². The van der Waals surface area contributed by atoms with E-state index in [1.165, 1.54) is 24.6 Å². The Kier molecular flexibility index (Phi) is 6.92. The smallest absolute Gasteiger partial charge is 0.237 e. The fraction of sp³-hybridized carbons (Fsp3) is 0.438. The Bertz CT molecular complexity index is 629. The first-order chi connectivity index (χ1) is 11.1. The molecule has 1 atom stereocenters. The SMILES string of the molecule is CCCCCn1cnnc1S[C@H](C)C(=O)Nc1ccc(Cl)cc1. The van der Waals surface area contributed by atoms with Crippen LogP contribution in [0.4, 0.5) is 5.69 Å². The van der Waals surface area contributed by atoms with Crippen molar-refractivity contribution < 1.29 is 4.79 Å². The van der Waals surface area contributed by atoms with Gasteiger partial charge in [0.1, 0.15) is 6.33 Å². The molecular weight excluding hydrogens is 332 g/mol. The highest BCUT2D eigenvalue weighted by molar-refractivity contribution is 8.00. The molecule has 0 fully saturated rings. The Morgan fingerprint density at radius 3 is 2.78 bits per heavy atom. The number of aryl methyl sites for hydroxylation is 1. The second-order valence-corrected chi connectivity index (χ2v) is 7.01. The molecule has 0 spiro atoms. The Balaban J connectivity index is 1.90. The minimum Gasteiger partial charge on any atom is -0.325 e. The highest BCUT2D eigenvalue weighted by Crippen LogP contribution is 2.23. The number of nitrogens with zero attached hydrogens (tertiary/aromatic N) is 3. The van der Waals surface area contributed by atoms with Gasteiger partial charge in [0.15, 0.2) is 5.16 Å². The molecule has 0 aliphatic heterocycles. The van der Waals surface area contributed by atoms with Crippen LogP contribution in [0.25, 0.3) is 0 Å². The molecule has 2 rings (SSSR count). The summed E-state index contributed by atoms with van der Waals surface area (Å²) in [6.07, 6.45) is 5.16. The molecule has 0 unspecified atom stereocenters. The maximum Gasteiger partial charge on any atom is 0.237 e. The third-order valence-electron chi connectivity index (χ3n) is 3.35. The first kappa shape index (κ1) is 17.8. The number of unbranched alkanes of at least 4 members (excludes halogenated alkanes) is 2. The van der Waals surface area contributed by atoms with Gasteiger partial charge in [0.2, 0.25) is 5.91 Å². The van der Waals surface area contributed by atoms with Gasteiger partial charge < -0.3 is 9.88 Å². The van der Waals surface area contributed by atoms with E-state index in [4.69, 9.17) is 11.6 Å². The highest BCUT2D eigenvalue weighted by atomic mass is 35.5. The number of thioether (sulfide) groups is 1. The van der Waals surface area contributed by atoms with Gasteiger partial charge in [0.25, 0.3) is 0 Å². The highest BCUT2D eigenvalue weighted by Gasteiger charge is 2.18. The molecule has 0 aliphatic rings. The van der Waals surface area contributed by atoms with Gasteiger partial charge in [-0.05, 0) is 37.6 Å². The molecular formula is C16H21ClN4OS. The van der Waals surface area contributed by atoms with Gasteiger partial charge in [0, 0.05) is 17.3 Å². The molecule has 23 heavy (non-hydrogen) atoms. The molecule has 1 N–H and O–H groups in total. The van der Waals surface area contributed by atoms with E-state index < -0.39 is 0 Å². The van der Waals surface area contributed by atoms with Gasteiger partial charge in [-0.15, -0.1) is 10.2 Å². The van der Waals surface area contributed by atoms with Gasteiger partial charge >= 0.3 is 0 Å². The number of anilines is 1. The van der Waals surface area contributed by atoms with Crippen LogP contribution >= 0.6 is 23.4 Å². The predicted molar refractivity (Wildman–Crippen MR) is 94.9 cm³/mol. The zero-order chi connectivity index (χ0) is 16.7. The lowest BCUT2D eigenvalue weighted by Gasteiger charge is -2.12. The van der Waals surface area contributed by atoms with E-state index in [0.29, 0.717) is 5.02 Å². The Morgan fingerprint density at radius 2 is 2.09 bits per heavy atom. The van der Waals surface area contributed by atoms with E-state index in [1.54, 1.807) is 30.6 Å². The quantitative estimate of drug-likeness (QED) is 0.570. The van der Waals surface area contributed by atoms with Crippen molar-refractivity contribution in [3.05, 3.63) is 35.6 Å². The molecule has 1 amide bonds. The number of hydrogen-bond acceptors (Lipinski definition) is 4. The molecule has 1 aromatic heterocycles. The number of hydrogen-bond donors (Lipinski definition) is 1. The fourth-order valence-corrected chi connectivity index (χ4v) is 2.99. The zero-order valence-electron chi connectivity index (χ0n) is 13.3. The number of carbonyl (C=O) groups is 1. The maximum absolute atomic E-state index is 12.3. The number of amides is 1. The van der Waals surface area contributed by atoms with E-state index in [0.717, 1.165) is 23.8 Å². The van der Waals surface area contributed by atoms with Gasteiger partial charge in [-0.3, -0.25) is 4.79 Å². The van der Waals surface area contributed by atoms with Crippen molar-refractivity contribution in [2.24, 2.45) is 0 Å². The van der Waals surface area contributed by atoms with Crippen LogP contribution in [0.3, 0.4) is 0 Å². The van der Waals surface area contributed by atoms with Crippen molar-refractivity contribution in [2.45, 2.75) is 50.1 Å². The molecule has 1 aromatic carbocycles. The van der Waals surface area contributed by atoms with Crippen LogP contribution in [-0.2, 0) is 11.3 Å². The molecule has 0 aliphatic carbocycles. The molecule has 2 aromatic rings. The standard InChI is InChI=1S/C16H21ClN4OS/c1-3-4-5-10-21-11-18-20-16(21)23-12(2)15(22)19-14-8-6-13(17)7-9-14/h6-9,11-12H,3-5,10H2,1-2H3,(H,19,22)/t12-/m1/s1. The maximum atomic E-state index is 12.3. The summed E-state index contributed by atoms with van der Waals surface area (Å²) in [6.45, 7) is 4.92. The molecule has 5 nitrogen and oxygen atoms in total. The largest absolute Gasteiger partial charge is 0.325 e. The summed E-state index contributed by atoms with van der Waals surface area (Å²) >= 11 is 7.26. The van der Waals surface area contributed by atoms with Crippen molar-refractivity contribution in [1.82, 2.24) is 14.8 Å². The van der Waals surface area contributed by atoms with Crippen molar-refractivity contribution >= 4 is 35.0 Å². The normalized spacial score (nSPS) is 12.1. The second-order valence-electron chi connectivity index (χ2n) is 5.27. The number of nitrogens with one attached hydrogen (secondary N) is 1. The summed E-state index contributed by atoms with van der Waals surface area (Å²) in [5, 5.41) is 12.1. The number of halogens is 1. The van der Waals surface area contributed by atoms with Crippen LogP contribution in [0.15, 0.2) is 35.7 Å². The summed E-state index contributed by atoms with van der Waals surface area (Å²) in [6, 6.07) is 7.06. The summed E-state index contributed by atoms with van der Waals surface area (Å²) in [7, 11) is 0. The summed E-state index contributed by atoms with van der Waals surface area (Å²) in [4.78, 5) is 12.3. The van der Waals surface area contributed by atoms with Crippen molar-refractivity contribution in [2.75, 3.05) is 5.32 Å². The van der Waals surface area contributed by atoms with Crippen molar-refractivity contribution in [3.63, 3.8) is 0 Å². The van der Waals surface area contributed by atoms with Crippen LogP contribution in [-0.4, -0.2) is 25.9 Å². The lowest BCUT2D eigenvalue weighted by atomic mass is 10.2. The minimum atomic E-state index is -0.264. The number of benzene rings is 1. The van der Waals surface area contributed by atoms with Crippen molar-refractivity contribution in [1.29, 1.82) is 0 Å². The average molecular weight is 353 g/mol. The van der Waals surface area contributed by atoms with Gasteiger partial charge in [0.05, 0.1) is 5.25 Å². The molecule has 0 saturated carbocycles. The minimum absolute atomic E-state index is 0.0690. The van der Waals surface area contributed by atoms with Crippen LogP contribution in [0.1, 0.15) is 33.1 Å². The van der Waals surface area contributed by atoms with E-state index >= 15 is 0 Å². The number of carbonyl (C=O) groups excluding carboxylic acids is 1. The van der Waals surface area contributed by atoms with Crippen LogP contribution in [0.2, 0.25) is 5.02 Å². The first-order valence-corrected chi connectivity index (χ1v) is 8.96. The monoisotopic (exact) mass is 352 g/mol. The third-order valence-corrected chi connectivity index (χ3v) is 4.69. The molecule has 0 bridgehead atoms. The molecule has 0 radical (unpaired) electrons. The molecule has 7 heteroatoms. The van der Waals surface area contributed by atoms with E-state index in [1.807, 2.05) is 11.5 Å². The second kappa shape index (κ2) is 8.93. The van der Waals surface area contributed by atoms with Crippen LogP contribution in [0.5, 0.6) is 0 Å². The first-order valence-electron chi connectivity index (χ1n) is 7.71. The predicted octanol–water partition coefficient (Wildman–Crippen LogP) is 4.24. The van der Waals surface area contributed by atoms with E-state index in [9.17, 15) is 4.79 Å². The summed E-state index contributed by atoms with van der Waals surface area (Å²) < 4.78 is 2.01. The Hall–Kier alpha value is -1.53. The Morgan fingerprint density at radius 1 is 1.35 bits per heavy atom. The molecule has 124 valence electrons. The van der Waals surface area contributed by atoms with Gasteiger partial charge in [-0.2, -0.15) is 0 Å². The lowest BCUT2D eigenvalue weighted by Crippen LogP contribution is -2.22. The van der Waals surface area contributed by atoms with Crippen molar-refractivity contribution in [3.8, 4) is 0 Å². The third kappa shape index (κ3) is 5.55. The summed E-state index contributed by atoms with van der Waals surface area (Å²) in [5.74, 6) is -0.0690. The van der Waals surface area contributed by atoms with Crippen LogP contribution < -0.4 is 5.32 Å². The molecule has 0 saturated heterocycles. The van der Waals surface area contributed by atoms with Gasteiger partial charge in [-0.1, -0.05) is 43.1 Å². The Labute approximate surface area is 145 Å². The zero-order valence-corrected chi connectivity index (χ0v) is 14.9. The number of rotatable bonds is 8. The lowest BCUT2D eigenvalue weighted by molar-refractivity contribution is -0.115. The van der Waals surface area contributed by atoms with Crippen LogP contribution in [0, 0.1) is 0 Å². The summed E-state index contributed by atoms with van der Waals surface area (Å²) in [5.41, 5.74) is 0.733. The van der Waals surface area contributed by atoms with E-state index in [2.05, 4.69) is 22.4 Å². The fourth-order valence-electron chi connectivity index (χ4n) is 2.01. The number of aromatic nitrogens is 3. The van der Waals surface area contributed by atoms with Gasteiger partial charge in [-0.25, -0.2) is 0 Å². The molecule has 1 heterocycles. The average Bonchev–Trinajstić information content (AvgIpc) is 2.97. The van der Waals surface area contributed by atoms with E-state index in [-0.39, 0.29) is 11.2 Å².